The van der Waals surface area contributed by atoms with Crippen molar-refractivity contribution in [1.29, 1.82) is 0 Å². The van der Waals surface area contributed by atoms with Crippen molar-refractivity contribution in [1.82, 2.24) is 24.8 Å². The third-order valence-corrected chi connectivity index (χ3v) is 12.1. The number of rotatable bonds is 7. The number of halogens is 4. The molecule has 7 rings (SSSR count). The van der Waals surface area contributed by atoms with Gasteiger partial charge < -0.3 is 33.7 Å². The number of likely N-dealkylation sites (N-methyl/N-ethyl adjacent to an activating group) is 1. The molecule has 1 amide bonds. The van der Waals surface area contributed by atoms with Crippen LogP contribution in [-0.2, 0) is 38.4 Å². The number of phenolic OH excluding ortho intramolecular Hbond substituents is 1. The zero-order valence-corrected chi connectivity index (χ0v) is 37.9. The number of amides is 1. The van der Waals surface area contributed by atoms with Gasteiger partial charge in [-0.2, -0.15) is 23.0 Å². The largest absolute Gasteiger partial charge is 0.508 e. The summed E-state index contributed by atoms with van der Waals surface area (Å²) >= 11 is 0. The first kappa shape index (κ1) is 46.7. The number of aliphatic imine (C=N–C) groups is 1. The molecule has 4 aliphatic rings. The molecule has 2 fully saturated rings. The fraction of sp³-hybridized carbons (Fsp3) is 0.532. The maximum atomic E-state index is 16.7. The van der Waals surface area contributed by atoms with Crippen molar-refractivity contribution in [2.24, 2.45) is 10.4 Å². The number of carbonyl (C=O) groups is 2. The number of fused-ring (bicyclic) bond motifs is 8. The number of nitrogens with one attached hydrogen (secondary N) is 1. The summed E-state index contributed by atoms with van der Waals surface area (Å²) in [5.41, 5.74) is 4.03. The van der Waals surface area contributed by atoms with Gasteiger partial charge in [0, 0.05) is 73.7 Å². The van der Waals surface area contributed by atoms with Gasteiger partial charge in [-0.3, -0.25) is 9.79 Å². The van der Waals surface area contributed by atoms with Gasteiger partial charge in [0.25, 0.3) is 0 Å². The van der Waals surface area contributed by atoms with Gasteiger partial charge in [0.1, 0.15) is 36.3 Å². The lowest BCUT2D eigenvalue weighted by molar-refractivity contribution is -0.396. The summed E-state index contributed by atoms with van der Waals surface area (Å²) in [6.07, 6.45) is -1.45. The lowest BCUT2D eigenvalue weighted by Gasteiger charge is -2.34. The van der Waals surface area contributed by atoms with Crippen molar-refractivity contribution >= 4 is 41.1 Å². The lowest BCUT2D eigenvalue weighted by Crippen LogP contribution is -2.54. The molecule has 2 saturated heterocycles. The van der Waals surface area contributed by atoms with Crippen molar-refractivity contribution in [3.63, 3.8) is 0 Å². The normalized spacial score (nSPS) is 21.8. The number of hydrogen-bond donors (Lipinski definition) is 2. The average Bonchev–Trinajstić information content (AvgIpc) is 3.87. The van der Waals surface area contributed by atoms with E-state index in [-0.39, 0.29) is 42.0 Å². The molecule has 2 aromatic carbocycles. The van der Waals surface area contributed by atoms with Crippen LogP contribution in [0.1, 0.15) is 71.2 Å². The van der Waals surface area contributed by atoms with Gasteiger partial charge in [-0.25, -0.2) is 4.39 Å². The molecule has 1 aromatic heterocycles. The Balaban J connectivity index is 1.40. The van der Waals surface area contributed by atoms with E-state index in [1.54, 1.807) is 51.1 Å². The minimum atomic E-state index is -4.71. The Kier molecular flexibility index (Phi) is 13.1. The van der Waals surface area contributed by atoms with E-state index < -0.39 is 59.8 Å². The molecule has 17 heteroatoms. The maximum Gasteiger partial charge on any atom is 0.508 e. The number of nitrogens with zero attached hydrogens (tertiary/aromatic N) is 6. The standard InChI is InChI=1S/C47H59F4N7O6/c1-28(55-15-13-54(8)14-16-55)25-52-38(29(2)62-9)23-40-35-24-46(6,7)27-63-43(60)37-11-10-12-57(53-37)42-41(58(42)44(61)64-45(3,4)5)19-30-17-31(20-32(59)18-30)33-21-34(35)39(22-36(33)48)56(40)26-47(49,50)51/h17-18,20-23,25,29,37,41,53H,1,10-16,19,24,26-27H2,2-9H3/p+1/b38-23+,52-25-/t29-,37-,41-/m0/s1. The molecule has 2 N–H and O–H groups in total. The third kappa shape index (κ3) is 10.6. The van der Waals surface area contributed by atoms with Crippen LogP contribution < -0.4 is 5.43 Å². The lowest BCUT2D eigenvalue weighted by atomic mass is 9.85. The molecule has 346 valence electrons. The van der Waals surface area contributed by atoms with Crippen LogP contribution in [0, 0.1) is 11.2 Å². The van der Waals surface area contributed by atoms with Crippen molar-refractivity contribution < 1.29 is 51.0 Å². The second kappa shape index (κ2) is 18.0. The van der Waals surface area contributed by atoms with Crippen LogP contribution in [-0.4, -0.2) is 137 Å². The maximum absolute atomic E-state index is 16.7. The Morgan fingerprint density at radius 1 is 1.12 bits per heavy atom. The smallest absolute Gasteiger partial charge is 0.508 e. The van der Waals surface area contributed by atoms with Gasteiger partial charge >= 0.3 is 24.1 Å². The number of esters is 1. The van der Waals surface area contributed by atoms with Gasteiger partial charge in [-0.15, -0.1) is 10.0 Å². The number of amidine groups is 1. The minimum Gasteiger partial charge on any atom is -0.508 e. The Morgan fingerprint density at radius 3 is 2.52 bits per heavy atom. The van der Waals surface area contributed by atoms with Gasteiger partial charge in [-0.1, -0.05) is 26.5 Å². The monoisotopic (exact) mass is 894 g/mol. The third-order valence-electron chi connectivity index (χ3n) is 12.1. The Labute approximate surface area is 371 Å². The SMILES string of the molecule is C=C(/C=N\C(=C\c1c2c3cc(c(F)cc3n1CC(F)(F)F)-c1cc(O)cc(c1)C[C@H]1C(=[N+]1C(=O)OC(C)(C)C)N1CCC[C@H](N1)C(=O)OCC(C)(C)C2)[C@H](C)OC)N1CCN(C)CC1. The van der Waals surface area contributed by atoms with Gasteiger partial charge in [0.05, 0.1) is 23.9 Å². The van der Waals surface area contributed by atoms with E-state index in [1.165, 1.54) is 29.9 Å². The number of piperazine rings is 1. The van der Waals surface area contributed by atoms with E-state index in [4.69, 9.17) is 19.2 Å². The molecule has 0 saturated carbocycles. The number of carbonyl (C=O) groups excluding carboxylic acids is 2. The van der Waals surface area contributed by atoms with Crippen molar-refractivity contribution in [3.8, 4) is 16.9 Å². The molecule has 5 heterocycles. The van der Waals surface area contributed by atoms with Crippen LogP contribution in [0.15, 0.2) is 53.3 Å². The average molecular weight is 895 g/mol. The highest BCUT2D eigenvalue weighted by molar-refractivity contribution is 5.96. The van der Waals surface area contributed by atoms with Crippen molar-refractivity contribution in [2.75, 3.05) is 53.5 Å². The second-order valence-electron chi connectivity index (χ2n) is 19.1. The Bertz CT molecular complexity index is 2410. The molecule has 13 nitrogen and oxygen atoms in total. The van der Waals surface area contributed by atoms with E-state index in [0.29, 0.717) is 58.7 Å². The molecule has 64 heavy (non-hydrogen) atoms. The Hall–Kier alpha value is -5.26. The molecule has 0 spiro atoms. The number of methoxy groups -OCH3 is 1. The summed E-state index contributed by atoms with van der Waals surface area (Å²) in [7, 11) is 3.52. The van der Waals surface area contributed by atoms with Gasteiger partial charge in [0.2, 0.25) is 6.04 Å². The van der Waals surface area contributed by atoms with Crippen LogP contribution >= 0.6 is 0 Å². The minimum absolute atomic E-state index is 0.00522. The van der Waals surface area contributed by atoms with E-state index in [2.05, 4.69) is 21.8 Å². The zero-order valence-electron chi connectivity index (χ0n) is 37.9. The van der Waals surface area contributed by atoms with Crippen molar-refractivity contribution in [2.45, 2.75) is 104 Å². The first-order valence-electron chi connectivity index (χ1n) is 21.8. The number of ether oxygens (including phenoxy) is 3. The van der Waals surface area contributed by atoms with Crippen LogP contribution in [0.5, 0.6) is 5.75 Å². The second-order valence-corrected chi connectivity index (χ2v) is 19.1. The number of aromatic nitrogens is 1. The summed E-state index contributed by atoms with van der Waals surface area (Å²) in [6, 6.07) is 5.98. The van der Waals surface area contributed by atoms with Crippen molar-refractivity contribution in [3.05, 3.63) is 70.9 Å². The Morgan fingerprint density at radius 2 is 1.84 bits per heavy atom. The number of allylic oxidation sites excluding steroid dienone is 1. The number of phenols is 1. The summed E-state index contributed by atoms with van der Waals surface area (Å²) < 4.78 is 80.8. The van der Waals surface area contributed by atoms with E-state index >= 15 is 4.39 Å². The molecule has 0 aliphatic carbocycles. The number of hydrazine groups is 1. The molecule has 4 aliphatic heterocycles. The number of hydrogen-bond acceptors (Lipinski definition) is 11. The predicted octanol–water partition coefficient (Wildman–Crippen LogP) is 7.29. The van der Waals surface area contributed by atoms with Crippen LogP contribution in [0.25, 0.3) is 28.1 Å². The molecule has 3 aromatic rings. The van der Waals surface area contributed by atoms with E-state index in [9.17, 15) is 27.9 Å². The first-order chi connectivity index (χ1) is 30.0. The number of benzene rings is 2. The highest BCUT2D eigenvalue weighted by Gasteiger charge is 2.57. The number of aromatic hydroxyl groups is 1. The van der Waals surface area contributed by atoms with Gasteiger partial charge in [-0.05, 0) is 101 Å². The summed E-state index contributed by atoms with van der Waals surface area (Å²) in [6.45, 7) is 17.0. The fourth-order valence-electron chi connectivity index (χ4n) is 8.66. The number of cyclic esters (lactones) is 1. The molecule has 0 radical (unpaired) electrons. The van der Waals surface area contributed by atoms with Gasteiger partial charge in [0.15, 0.2) is 0 Å². The van der Waals surface area contributed by atoms with Crippen LogP contribution in [0.3, 0.4) is 0 Å². The topological polar surface area (TPSA) is 124 Å². The summed E-state index contributed by atoms with van der Waals surface area (Å²) in [5, 5.41) is 13.2. The zero-order chi connectivity index (χ0) is 46.5. The van der Waals surface area contributed by atoms with Crippen LogP contribution in [0.4, 0.5) is 22.4 Å². The molecular formula is C47H60F4N7O6+. The highest BCUT2D eigenvalue weighted by atomic mass is 19.4. The number of alkyl halides is 3. The summed E-state index contributed by atoms with van der Waals surface area (Å²) in [5.74, 6) is -0.912. The summed E-state index contributed by atoms with van der Waals surface area (Å²) in [4.78, 5) is 36.4. The molecule has 0 unspecified atom stereocenters. The van der Waals surface area contributed by atoms with E-state index in [1.807, 2.05) is 20.9 Å². The fourth-order valence-corrected chi connectivity index (χ4v) is 8.66. The highest BCUT2D eigenvalue weighted by Crippen LogP contribution is 2.40. The first-order valence-corrected chi connectivity index (χ1v) is 21.8. The predicted molar refractivity (Wildman–Crippen MR) is 237 cm³/mol. The molecule has 3 atom stereocenters. The van der Waals surface area contributed by atoms with E-state index in [0.717, 1.165) is 36.8 Å². The quantitative estimate of drug-likeness (QED) is 0.108. The van der Waals surface area contributed by atoms with Crippen LogP contribution in [0.2, 0.25) is 0 Å². The molecular weight excluding hydrogens is 835 g/mol. The molecule has 6 bridgehead atoms.